The number of nitrogens with two attached hydrogens (primary N) is 1. The fourth-order valence-electron chi connectivity index (χ4n) is 2.79. The Bertz CT molecular complexity index is 357. The third kappa shape index (κ3) is 5.68. The van der Waals surface area contributed by atoms with E-state index in [-0.39, 0.29) is 5.54 Å². The molecule has 0 spiro atoms. The Balaban J connectivity index is 2.60. The van der Waals surface area contributed by atoms with E-state index in [9.17, 15) is 8.42 Å². The molecule has 0 aromatic carbocycles. The Kier molecular flexibility index (Phi) is 7.43. The van der Waals surface area contributed by atoms with Crippen molar-refractivity contribution >= 4 is 10.2 Å². The molecule has 1 aliphatic rings. The topological polar surface area (TPSA) is 75.4 Å². The number of nitrogens with zero attached hydrogens (tertiary/aromatic N) is 1. The Hall–Kier alpha value is -0.170. The van der Waals surface area contributed by atoms with Crippen molar-refractivity contribution in [3.8, 4) is 0 Å². The molecule has 1 fully saturated rings. The summed E-state index contributed by atoms with van der Waals surface area (Å²) < 4.78 is 29.0. The van der Waals surface area contributed by atoms with Gasteiger partial charge in [0.2, 0.25) is 0 Å². The van der Waals surface area contributed by atoms with Crippen LogP contribution in [0.3, 0.4) is 0 Å². The van der Waals surface area contributed by atoms with E-state index in [0.717, 1.165) is 38.5 Å². The summed E-state index contributed by atoms with van der Waals surface area (Å²) in [7, 11) is -3.39. The predicted molar refractivity (Wildman–Crippen MR) is 83.7 cm³/mol. The van der Waals surface area contributed by atoms with Crippen molar-refractivity contribution in [2.75, 3.05) is 19.6 Å². The van der Waals surface area contributed by atoms with Crippen molar-refractivity contribution in [2.45, 2.75) is 70.8 Å². The number of hydrogen-bond donors (Lipinski definition) is 2. The van der Waals surface area contributed by atoms with Crippen molar-refractivity contribution in [2.24, 2.45) is 5.73 Å². The summed E-state index contributed by atoms with van der Waals surface area (Å²) in [6.07, 6.45) is 8.11. The minimum atomic E-state index is -3.39. The van der Waals surface area contributed by atoms with E-state index >= 15 is 0 Å². The first-order valence-electron chi connectivity index (χ1n) is 7.97. The van der Waals surface area contributed by atoms with Crippen molar-refractivity contribution in [3.63, 3.8) is 0 Å². The Morgan fingerprint density at radius 3 is 2.00 bits per heavy atom. The molecule has 0 unspecified atom stereocenters. The fraction of sp³-hybridized carbons (Fsp3) is 1.00. The first-order valence-corrected chi connectivity index (χ1v) is 9.41. The average molecular weight is 305 g/mol. The number of nitrogens with one attached hydrogen (secondary N) is 1. The van der Waals surface area contributed by atoms with Gasteiger partial charge in [-0.05, 0) is 25.7 Å². The summed E-state index contributed by atoms with van der Waals surface area (Å²) in [5, 5.41) is 0. The maximum Gasteiger partial charge on any atom is 0.279 e. The molecule has 0 radical (unpaired) electrons. The largest absolute Gasteiger partial charge is 0.324 e. The minimum absolute atomic E-state index is 0.360. The molecule has 0 bridgehead atoms. The van der Waals surface area contributed by atoms with Crippen molar-refractivity contribution in [1.82, 2.24) is 9.03 Å². The molecular weight excluding hydrogens is 274 g/mol. The van der Waals surface area contributed by atoms with E-state index in [1.165, 1.54) is 17.1 Å². The van der Waals surface area contributed by atoms with Gasteiger partial charge < -0.3 is 5.73 Å². The lowest BCUT2D eigenvalue weighted by atomic mass is 9.92. The van der Waals surface area contributed by atoms with Gasteiger partial charge >= 0.3 is 0 Å². The standard InChI is InChI=1S/C14H31N3O2S/c1-3-11-17(12-4-2)20(18,19)16-13-14(15)9-7-5-6-8-10-14/h16H,3-13,15H2,1-2H3. The molecule has 5 nitrogen and oxygen atoms in total. The second-order valence-corrected chi connectivity index (χ2v) is 7.76. The SMILES string of the molecule is CCCN(CCC)S(=O)(=O)NCC1(N)CCCCCC1. The molecule has 0 aromatic rings. The Morgan fingerprint density at radius 1 is 1.05 bits per heavy atom. The zero-order chi connectivity index (χ0) is 15.1. The third-order valence-corrected chi connectivity index (χ3v) is 5.55. The molecule has 1 rings (SSSR count). The van der Waals surface area contributed by atoms with E-state index in [2.05, 4.69) is 4.72 Å². The maximum atomic E-state index is 12.3. The maximum absolute atomic E-state index is 12.3. The Labute approximate surface area is 124 Å². The quantitative estimate of drug-likeness (QED) is 0.673. The minimum Gasteiger partial charge on any atom is -0.324 e. The van der Waals surface area contributed by atoms with Gasteiger partial charge in [0.25, 0.3) is 10.2 Å². The first kappa shape index (κ1) is 17.9. The highest BCUT2D eigenvalue weighted by Crippen LogP contribution is 2.24. The van der Waals surface area contributed by atoms with Gasteiger partial charge in [-0.1, -0.05) is 39.5 Å². The normalized spacial score (nSPS) is 20.0. The van der Waals surface area contributed by atoms with Gasteiger partial charge in [0.05, 0.1) is 0 Å². The zero-order valence-corrected chi connectivity index (χ0v) is 13.8. The van der Waals surface area contributed by atoms with Crippen molar-refractivity contribution in [1.29, 1.82) is 0 Å². The number of rotatable bonds is 8. The van der Waals surface area contributed by atoms with Crippen LogP contribution < -0.4 is 10.5 Å². The van der Waals surface area contributed by atoms with Gasteiger partial charge in [0.1, 0.15) is 0 Å². The summed E-state index contributed by atoms with van der Waals surface area (Å²) in [6.45, 7) is 5.49. The van der Waals surface area contributed by atoms with E-state index in [1.54, 1.807) is 0 Å². The molecule has 0 atom stereocenters. The summed E-state index contributed by atoms with van der Waals surface area (Å²) in [5.74, 6) is 0. The predicted octanol–water partition coefficient (Wildman–Crippen LogP) is 1.99. The van der Waals surface area contributed by atoms with E-state index < -0.39 is 10.2 Å². The molecule has 0 aromatic heterocycles. The van der Waals surface area contributed by atoms with E-state index in [0.29, 0.717) is 19.6 Å². The lowest BCUT2D eigenvalue weighted by molar-refractivity contribution is 0.354. The molecule has 0 aliphatic heterocycles. The molecular formula is C14H31N3O2S. The lowest BCUT2D eigenvalue weighted by Crippen LogP contribution is -2.52. The molecule has 3 N–H and O–H groups in total. The van der Waals surface area contributed by atoms with Crippen LogP contribution in [0.15, 0.2) is 0 Å². The van der Waals surface area contributed by atoms with Crippen LogP contribution in [0.2, 0.25) is 0 Å². The second kappa shape index (κ2) is 8.32. The molecule has 0 saturated heterocycles. The average Bonchev–Trinajstić information content (AvgIpc) is 2.62. The van der Waals surface area contributed by atoms with Gasteiger partial charge in [0.15, 0.2) is 0 Å². The molecule has 120 valence electrons. The van der Waals surface area contributed by atoms with Crippen LogP contribution in [0.5, 0.6) is 0 Å². The van der Waals surface area contributed by atoms with Crippen LogP contribution in [0, 0.1) is 0 Å². The van der Waals surface area contributed by atoms with Crippen molar-refractivity contribution in [3.05, 3.63) is 0 Å². The Morgan fingerprint density at radius 2 is 1.55 bits per heavy atom. The summed E-state index contributed by atoms with van der Waals surface area (Å²) >= 11 is 0. The van der Waals surface area contributed by atoms with Crippen LogP contribution in [0.25, 0.3) is 0 Å². The van der Waals surface area contributed by atoms with Crippen LogP contribution in [-0.2, 0) is 10.2 Å². The molecule has 20 heavy (non-hydrogen) atoms. The smallest absolute Gasteiger partial charge is 0.279 e. The highest BCUT2D eigenvalue weighted by molar-refractivity contribution is 7.87. The lowest BCUT2D eigenvalue weighted by Gasteiger charge is -2.30. The van der Waals surface area contributed by atoms with Gasteiger partial charge in [-0.15, -0.1) is 0 Å². The van der Waals surface area contributed by atoms with Crippen molar-refractivity contribution < 1.29 is 8.42 Å². The van der Waals surface area contributed by atoms with Crippen LogP contribution in [0.1, 0.15) is 65.2 Å². The van der Waals surface area contributed by atoms with E-state index in [4.69, 9.17) is 5.73 Å². The molecule has 1 aliphatic carbocycles. The fourth-order valence-corrected chi connectivity index (χ4v) is 4.28. The van der Waals surface area contributed by atoms with Crippen LogP contribution in [0.4, 0.5) is 0 Å². The number of hydrogen-bond acceptors (Lipinski definition) is 3. The molecule has 1 saturated carbocycles. The highest BCUT2D eigenvalue weighted by atomic mass is 32.2. The van der Waals surface area contributed by atoms with Gasteiger partial charge in [-0.2, -0.15) is 12.7 Å². The molecule has 0 heterocycles. The summed E-state index contributed by atoms with van der Waals surface area (Å²) in [6, 6.07) is 0. The van der Waals surface area contributed by atoms with Gasteiger partial charge in [0, 0.05) is 25.2 Å². The summed E-state index contributed by atoms with van der Waals surface area (Å²) in [4.78, 5) is 0. The zero-order valence-electron chi connectivity index (χ0n) is 13.0. The third-order valence-electron chi connectivity index (χ3n) is 3.99. The highest BCUT2D eigenvalue weighted by Gasteiger charge is 2.29. The van der Waals surface area contributed by atoms with Crippen LogP contribution >= 0.6 is 0 Å². The van der Waals surface area contributed by atoms with Gasteiger partial charge in [-0.3, -0.25) is 0 Å². The molecule has 0 amide bonds. The monoisotopic (exact) mass is 305 g/mol. The molecule has 6 heteroatoms. The van der Waals surface area contributed by atoms with Gasteiger partial charge in [-0.25, -0.2) is 4.72 Å². The second-order valence-electron chi connectivity index (χ2n) is 6.00. The van der Waals surface area contributed by atoms with E-state index in [1.807, 2.05) is 13.8 Å². The van der Waals surface area contributed by atoms with Crippen LogP contribution in [-0.4, -0.2) is 37.9 Å². The summed E-state index contributed by atoms with van der Waals surface area (Å²) in [5.41, 5.74) is 6.00. The first-order chi connectivity index (χ1) is 9.43.